The molecule has 6 heteroatoms. The average Bonchev–Trinajstić information content (AvgIpc) is 2.98. The van der Waals surface area contributed by atoms with Gasteiger partial charge < -0.3 is 9.15 Å². The second kappa shape index (κ2) is 6.50. The lowest BCUT2D eigenvalue weighted by Crippen LogP contribution is -1.89. The molecule has 0 unspecified atom stereocenters. The summed E-state index contributed by atoms with van der Waals surface area (Å²) in [5.41, 5.74) is 1.74. The van der Waals surface area contributed by atoms with Gasteiger partial charge in [-0.25, -0.2) is 0 Å². The van der Waals surface area contributed by atoms with Crippen molar-refractivity contribution >= 4 is 27.5 Å². The number of nitrogens with zero attached hydrogens (tertiary/aromatic N) is 2. The molecule has 0 spiro atoms. The highest BCUT2D eigenvalue weighted by atomic mass is 79.9. The molecule has 0 saturated carbocycles. The fraction of sp³-hybridized carbons (Fsp3) is 0.125. The molecule has 0 radical (unpaired) electrons. The van der Waals surface area contributed by atoms with Crippen molar-refractivity contribution in [2.75, 3.05) is 7.11 Å². The van der Waals surface area contributed by atoms with Crippen molar-refractivity contribution in [2.45, 2.75) is 6.42 Å². The summed E-state index contributed by atoms with van der Waals surface area (Å²) >= 11 is 9.63. The van der Waals surface area contributed by atoms with Crippen LogP contribution in [0.5, 0.6) is 5.75 Å². The van der Waals surface area contributed by atoms with Crippen LogP contribution in [-0.4, -0.2) is 17.3 Å². The van der Waals surface area contributed by atoms with E-state index in [0.29, 0.717) is 23.2 Å². The quantitative estimate of drug-likeness (QED) is 0.656. The van der Waals surface area contributed by atoms with Crippen molar-refractivity contribution in [2.24, 2.45) is 0 Å². The van der Waals surface area contributed by atoms with E-state index in [1.807, 2.05) is 42.5 Å². The summed E-state index contributed by atoms with van der Waals surface area (Å²) in [5, 5.41) is 8.88. The molecule has 0 aliphatic rings. The highest BCUT2D eigenvalue weighted by molar-refractivity contribution is 9.10. The number of aromatic nitrogens is 2. The summed E-state index contributed by atoms with van der Waals surface area (Å²) in [6, 6.07) is 13.2. The Hall–Kier alpha value is -1.85. The predicted molar refractivity (Wildman–Crippen MR) is 88.2 cm³/mol. The van der Waals surface area contributed by atoms with Gasteiger partial charge in [-0.1, -0.05) is 29.8 Å². The van der Waals surface area contributed by atoms with Crippen LogP contribution in [0.1, 0.15) is 11.5 Å². The van der Waals surface area contributed by atoms with Gasteiger partial charge in [0.2, 0.25) is 11.8 Å². The molecule has 3 aromatic rings. The van der Waals surface area contributed by atoms with E-state index in [2.05, 4.69) is 26.1 Å². The molecular weight excluding hydrogens is 368 g/mol. The topological polar surface area (TPSA) is 48.2 Å². The molecule has 0 amide bonds. The van der Waals surface area contributed by atoms with E-state index in [4.69, 9.17) is 20.8 Å². The molecule has 2 aromatic carbocycles. The largest absolute Gasteiger partial charge is 0.497 e. The minimum absolute atomic E-state index is 0.438. The van der Waals surface area contributed by atoms with Crippen LogP contribution in [0, 0.1) is 0 Å². The second-order valence-electron chi connectivity index (χ2n) is 4.61. The van der Waals surface area contributed by atoms with Crippen LogP contribution in [0.2, 0.25) is 5.02 Å². The number of hydrogen-bond donors (Lipinski definition) is 0. The number of benzene rings is 2. The molecule has 0 saturated heterocycles. The van der Waals surface area contributed by atoms with E-state index in [0.717, 1.165) is 21.3 Å². The maximum absolute atomic E-state index is 6.15. The normalized spacial score (nSPS) is 10.7. The molecule has 0 fully saturated rings. The molecule has 1 aromatic heterocycles. The lowest BCUT2D eigenvalue weighted by atomic mass is 10.1. The lowest BCUT2D eigenvalue weighted by Gasteiger charge is -2.03. The Balaban J connectivity index is 1.90. The van der Waals surface area contributed by atoms with Crippen LogP contribution in [0.15, 0.2) is 51.4 Å². The smallest absolute Gasteiger partial charge is 0.249 e. The van der Waals surface area contributed by atoms with Gasteiger partial charge in [0, 0.05) is 9.50 Å². The second-order valence-corrected chi connectivity index (χ2v) is 5.88. The predicted octanol–water partition coefficient (Wildman–Crippen LogP) is 4.75. The minimum atomic E-state index is 0.438. The third kappa shape index (κ3) is 3.15. The Morgan fingerprint density at radius 1 is 1.18 bits per heavy atom. The summed E-state index contributed by atoms with van der Waals surface area (Å²) in [7, 11) is 1.61. The van der Waals surface area contributed by atoms with E-state index in [1.54, 1.807) is 7.11 Å². The molecule has 0 aliphatic heterocycles. The Morgan fingerprint density at radius 2 is 2.00 bits per heavy atom. The fourth-order valence-electron chi connectivity index (χ4n) is 2.03. The Bertz CT molecular complexity index is 804. The lowest BCUT2D eigenvalue weighted by molar-refractivity contribution is 0.414. The number of hydrogen-bond acceptors (Lipinski definition) is 4. The van der Waals surface area contributed by atoms with Crippen LogP contribution in [0.3, 0.4) is 0 Å². The fourth-order valence-corrected chi connectivity index (χ4v) is 2.65. The Kier molecular flexibility index (Phi) is 4.45. The third-order valence-corrected chi connectivity index (χ3v) is 4.23. The van der Waals surface area contributed by atoms with Crippen LogP contribution in [-0.2, 0) is 6.42 Å². The zero-order chi connectivity index (χ0) is 15.5. The summed E-state index contributed by atoms with van der Waals surface area (Å²) in [5.74, 6) is 1.68. The Labute approximate surface area is 141 Å². The van der Waals surface area contributed by atoms with Crippen molar-refractivity contribution in [1.82, 2.24) is 10.2 Å². The van der Waals surface area contributed by atoms with Gasteiger partial charge in [0.25, 0.3) is 0 Å². The van der Waals surface area contributed by atoms with Gasteiger partial charge in [-0.05, 0) is 45.8 Å². The number of rotatable bonds is 4. The highest BCUT2D eigenvalue weighted by Crippen LogP contribution is 2.31. The number of methoxy groups -OCH3 is 1. The van der Waals surface area contributed by atoms with Gasteiger partial charge in [0.05, 0.1) is 19.1 Å². The Morgan fingerprint density at radius 3 is 2.77 bits per heavy atom. The third-order valence-electron chi connectivity index (χ3n) is 3.17. The zero-order valence-corrected chi connectivity index (χ0v) is 14.1. The molecular formula is C16H12BrClN2O2. The first kappa shape index (κ1) is 15.1. The minimum Gasteiger partial charge on any atom is -0.497 e. The first-order chi connectivity index (χ1) is 10.7. The first-order valence-electron chi connectivity index (χ1n) is 6.57. The van der Waals surface area contributed by atoms with Gasteiger partial charge in [0.1, 0.15) is 5.75 Å². The van der Waals surface area contributed by atoms with Gasteiger partial charge in [-0.15, -0.1) is 10.2 Å². The van der Waals surface area contributed by atoms with Crippen molar-refractivity contribution < 1.29 is 9.15 Å². The standard InChI is InChI=1S/C16H12BrClN2O2/c1-21-11-6-7-13(17)12(9-11)16-20-19-15(22-16)8-10-4-2-3-5-14(10)18/h2-7,9H,8H2,1H3. The molecule has 0 bridgehead atoms. The summed E-state index contributed by atoms with van der Waals surface area (Å²) in [6.07, 6.45) is 0.494. The van der Waals surface area contributed by atoms with E-state index < -0.39 is 0 Å². The van der Waals surface area contributed by atoms with Crippen molar-refractivity contribution in [3.63, 3.8) is 0 Å². The van der Waals surface area contributed by atoms with Crippen LogP contribution < -0.4 is 4.74 Å². The van der Waals surface area contributed by atoms with E-state index >= 15 is 0 Å². The van der Waals surface area contributed by atoms with Gasteiger partial charge in [-0.2, -0.15) is 0 Å². The molecule has 0 atom stereocenters. The molecule has 3 rings (SSSR count). The maximum atomic E-state index is 6.15. The summed E-state index contributed by atoms with van der Waals surface area (Å²) < 4.78 is 11.8. The van der Waals surface area contributed by atoms with E-state index in [-0.39, 0.29) is 0 Å². The van der Waals surface area contributed by atoms with Crippen molar-refractivity contribution in [3.05, 3.63) is 63.4 Å². The number of ether oxygens (including phenoxy) is 1. The van der Waals surface area contributed by atoms with Gasteiger partial charge >= 0.3 is 0 Å². The summed E-state index contributed by atoms with van der Waals surface area (Å²) in [6.45, 7) is 0. The van der Waals surface area contributed by atoms with Crippen molar-refractivity contribution in [1.29, 1.82) is 0 Å². The molecule has 112 valence electrons. The van der Waals surface area contributed by atoms with E-state index in [1.165, 1.54) is 0 Å². The average molecular weight is 380 g/mol. The van der Waals surface area contributed by atoms with Crippen LogP contribution in [0.25, 0.3) is 11.5 Å². The van der Waals surface area contributed by atoms with Crippen LogP contribution >= 0.6 is 27.5 Å². The van der Waals surface area contributed by atoms with E-state index in [9.17, 15) is 0 Å². The monoisotopic (exact) mass is 378 g/mol. The first-order valence-corrected chi connectivity index (χ1v) is 7.74. The molecule has 1 heterocycles. The number of halogens is 2. The van der Waals surface area contributed by atoms with Gasteiger partial charge in [-0.3, -0.25) is 0 Å². The van der Waals surface area contributed by atoms with Crippen molar-refractivity contribution in [3.8, 4) is 17.2 Å². The van der Waals surface area contributed by atoms with Crippen LogP contribution in [0.4, 0.5) is 0 Å². The van der Waals surface area contributed by atoms with Gasteiger partial charge in [0.15, 0.2) is 0 Å². The SMILES string of the molecule is COc1ccc(Br)c(-c2nnc(Cc3ccccc3Cl)o2)c1. The molecule has 4 nitrogen and oxygen atoms in total. The summed E-state index contributed by atoms with van der Waals surface area (Å²) in [4.78, 5) is 0. The molecule has 0 N–H and O–H groups in total. The maximum Gasteiger partial charge on any atom is 0.249 e. The molecule has 0 aliphatic carbocycles. The molecule has 22 heavy (non-hydrogen) atoms. The zero-order valence-electron chi connectivity index (χ0n) is 11.7. The highest BCUT2D eigenvalue weighted by Gasteiger charge is 2.14.